The fourth-order valence-corrected chi connectivity index (χ4v) is 1.67. The van der Waals surface area contributed by atoms with Crippen LogP contribution in [0.25, 0.3) is 0 Å². The number of hydrogen-bond acceptors (Lipinski definition) is 5. The van der Waals surface area contributed by atoms with E-state index in [-0.39, 0.29) is 5.01 Å². The van der Waals surface area contributed by atoms with Gasteiger partial charge in [0, 0.05) is 6.54 Å². The molecule has 0 aliphatic heterocycles. The van der Waals surface area contributed by atoms with Crippen LogP contribution in [0.3, 0.4) is 0 Å². The molecule has 19 heavy (non-hydrogen) atoms. The van der Waals surface area contributed by atoms with Gasteiger partial charge in [-0.25, -0.2) is 0 Å². The number of halogens is 5. The van der Waals surface area contributed by atoms with E-state index in [1.165, 1.54) is 0 Å². The van der Waals surface area contributed by atoms with E-state index in [1.807, 2.05) is 6.92 Å². The van der Waals surface area contributed by atoms with Crippen molar-refractivity contribution in [2.75, 3.05) is 18.5 Å². The summed E-state index contributed by atoms with van der Waals surface area (Å²) >= 11 is 1.05. The molecule has 1 aromatic rings. The van der Waals surface area contributed by atoms with Gasteiger partial charge >= 0.3 is 12.1 Å². The first-order valence-electron chi connectivity index (χ1n) is 5.35. The minimum absolute atomic E-state index is 0.233. The molecule has 10 heteroatoms. The standard InChI is InChI=1S/C9H12F5N3OS/c1-2-3-15-7-17-16-6(19-7)4-18-5-8(10,11)9(12,13)14/h2-5H2,1H3,(H,15,17). The lowest BCUT2D eigenvalue weighted by atomic mass is 10.3. The van der Waals surface area contributed by atoms with Crippen molar-refractivity contribution in [3.63, 3.8) is 0 Å². The van der Waals surface area contributed by atoms with Gasteiger partial charge in [0.15, 0.2) is 0 Å². The van der Waals surface area contributed by atoms with Gasteiger partial charge in [0.1, 0.15) is 18.2 Å². The molecule has 1 heterocycles. The van der Waals surface area contributed by atoms with Crippen LogP contribution in [-0.4, -0.2) is 35.4 Å². The lowest BCUT2D eigenvalue weighted by Gasteiger charge is -2.18. The number of nitrogens with one attached hydrogen (secondary N) is 1. The third kappa shape index (κ3) is 4.86. The molecule has 1 rings (SSSR count). The first kappa shape index (κ1) is 16.0. The largest absolute Gasteiger partial charge is 0.455 e. The number of alkyl halides is 5. The quantitative estimate of drug-likeness (QED) is 0.787. The van der Waals surface area contributed by atoms with E-state index < -0.39 is 25.3 Å². The average Bonchev–Trinajstić information content (AvgIpc) is 2.72. The summed E-state index contributed by atoms with van der Waals surface area (Å²) in [5.41, 5.74) is 0. The van der Waals surface area contributed by atoms with Gasteiger partial charge in [-0.1, -0.05) is 18.3 Å². The van der Waals surface area contributed by atoms with Gasteiger partial charge in [0.05, 0.1) is 0 Å². The van der Waals surface area contributed by atoms with E-state index in [1.54, 1.807) is 0 Å². The summed E-state index contributed by atoms with van der Waals surface area (Å²) in [7, 11) is 0. The predicted molar refractivity (Wildman–Crippen MR) is 59.3 cm³/mol. The number of rotatable bonds is 7. The summed E-state index contributed by atoms with van der Waals surface area (Å²) in [6.07, 6.45) is -4.74. The first-order chi connectivity index (χ1) is 8.76. The second kappa shape index (κ2) is 6.42. The Morgan fingerprint density at radius 1 is 1.21 bits per heavy atom. The molecule has 0 fully saturated rings. The molecule has 0 spiro atoms. The van der Waals surface area contributed by atoms with Crippen molar-refractivity contribution in [3.05, 3.63) is 5.01 Å². The van der Waals surface area contributed by atoms with Gasteiger partial charge in [-0.3, -0.25) is 0 Å². The van der Waals surface area contributed by atoms with Gasteiger partial charge in [-0.05, 0) is 6.42 Å². The third-order valence-corrected chi connectivity index (χ3v) is 2.77. The molecule has 1 N–H and O–H groups in total. The Morgan fingerprint density at radius 2 is 1.89 bits per heavy atom. The fourth-order valence-electron chi connectivity index (χ4n) is 0.964. The summed E-state index contributed by atoms with van der Waals surface area (Å²) in [6.45, 7) is 0.448. The van der Waals surface area contributed by atoms with Crippen LogP contribution in [0.2, 0.25) is 0 Å². The molecule has 0 saturated carbocycles. The van der Waals surface area contributed by atoms with Crippen LogP contribution in [0.15, 0.2) is 0 Å². The van der Waals surface area contributed by atoms with Crippen molar-refractivity contribution >= 4 is 16.5 Å². The van der Waals surface area contributed by atoms with Crippen LogP contribution >= 0.6 is 11.3 Å². The van der Waals surface area contributed by atoms with E-state index in [9.17, 15) is 22.0 Å². The highest BCUT2D eigenvalue weighted by Crippen LogP contribution is 2.35. The molecule has 0 atom stereocenters. The van der Waals surface area contributed by atoms with Crippen LogP contribution in [0, 0.1) is 0 Å². The maximum absolute atomic E-state index is 12.5. The molecule has 0 saturated heterocycles. The number of anilines is 1. The molecule has 110 valence electrons. The summed E-state index contributed by atoms with van der Waals surface area (Å²) < 4.78 is 64.9. The Labute approximate surface area is 110 Å². The lowest BCUT2D eigenvalue weighted by molar-refractivity contribution is -0.297. The molecule has 0 radical (unpaired) electrons. The maximum atomic E-state index is 12.5. The average molecular weight is 305 g/mol. The minimum Gasteiger partial charge on any atom is -0.368 e. The van der Waals surface area contributed by atoms with Crippen molar-refractivity contribution in [1.82, 2.24) is 10.2 Å². The van der Waals surface area contributed by atoms with Crippen LogP contribution < -0.4 is 5.32 Å². The van der Waals surface area contributed by atoms with Gasteiger partial charge < -0.3 is 10.1 Å². The zero-order valence-electron chi connectivity index (χ0n) is 9.93. The molecule has 1 aromatic heterocycles. The SMILES string of the molecule is CCCNc1nnc(COCC(F)(F)C(F)(F)F)s1. The van der Waals surface area contributed by atoms with E-state index in [0.717, 1.165) is 17.8 Å². The van der Waals surface area contributed by atoms with E-state index in [4.69, 9.17) is 0 Å². The molecular formula is C9H12F5N3OS. The summed E-state index contributed by atoms with van der Waals surface area (Å²) in [5.74, 6) is -4.86. The summed E-state index contributed by atoms with van der Waals surface area (Å²) in [6, 6.07) is 0. The topological polar surface area (TPSA) is 47.0 Å². The molecule has 4 nitrogen and oxygen atoms in total. The predicted octanol–water partition coefficient (Wildman–Crippen LogP) is 3.07. The number of aromatic nitrogens is 2. The van der Waals surface area contributed by atoms with Crippen LogP contribution in [0.5, 0.6) is 0 Å². The minimum atomic E-state index is -5.61. The van der Waals surface area contributed by atoms with Crippen LogP contribution in [0.4, 0.5) is 27.1 Å². The Balaban J connectivity index is 2.39. The van der Waals surface area contributed by atoms with Crippen molar-refractivity contribution in [1.29, 1.82) is 0 Å². The van der Waals surface area contributed by atoms with Gasteiger partial charge in [-0.2, -0.15) is 22.0 Å². The molecule has 0 unspecified atom stereocenters. The van der Waals surface area contributed by atoms with Gasteiger partial charge in [0.2, 0.25) is 5.13 Å². The van der Waals surface area contributed by atoms with Crippen molar-refractivity contribution in [2.24, 2.45) is 0 Å². The second-order valence-electron chi connectivity index (χ2n) is 3.62. The number of hydrogen-bond donors (Lipinski definition) is 1. The van der Waals surface area contributed by atoms with Crippen LogP contribution in [0.1, 0.15) is 18.4 Å². The van der Waals surface area contributed by atoms with Crippen molar-refractivity contribution in [2.45, 2.75) is 32.1 Å². The Morgan fingerprint density at radius 3 is 2.47 bits per heavy atom. The maximum Gasteiger partial charge on any atom is 0.455 e. The molecule has 0 aromatic carbocycles. The molecule has 0 amide bonds. The Kier molecular flexibility index (Phi) is 5.41. The van der Waals surface area contributed by atoms with E-state index >= 15 is 0 Å². The van der Waals surface area contributed by atoms with Crippen molar-refractivity contribution in [3.8, 4) is 0 Å². The van der Waals surface area contributed by atoms with Crippen LogP contribution in [-0.2, 0) is 11.3 Å². The highest BCUT2D eigenvalue weighted by molar-refractivity contribution is 7.15. The molecule has 0 aliphatic rings. The summed E-state index contributed by atoms with van der Waals surface area (Å²) in [5, 5.41) is 10.9. The normalized spacial score (nSPS) is 12.7. The number of nitrogens with zero attached hydrogens (tertiary/aromatic N) is 2. The molecule has 0 bridgehead atoms. The van der Waals surface area contributed by atoms with Gasteiger partial charge in [0.25, 0.3) is 0 Å². The Hall–Kier alpha value is -1.03. The van der Waals surface area contributed by atoms with E-state index in [2.05, 4.69) is 20.3 Å². The molecule has 0 aliphatic carbocycles. The van der Waals surface area contributed by atoms with Gasteiger partial charge in [-0.15, -0.1) is 10.2 Å². The Bertz CT molecular complexity index is 395. The van der Waals surface area contributed by atoms with Crippen molar-refractivity contribution < 1.29 is 26.7 Å². The smallest absolute Gasteiger partial charge is 0.368 e. The second-order valence-corrected chi connectivity index (χ2v) is 4.68. The monoisotopic (exact) mass is 305 g/mol. The number of ether oxygens (including phenoxy) is 1. The molecular weight excluding hydrogens is 293 g/mol. The zero-order valence-corrected chi connectivity index (χ0v) is 10.7. The summed E-state index contributed by atoms with van der Waals surface area (Å²) in [4.78, 5) is 0. The highest BCUT2D eigenvalue weighted by Gasteiger charge is 2.57. The highest BCUT2D eigenvalue weighted by atomic mass is 32.1. The van der Waals surface area contributed by atoms with E-state index in [0.29, 0.717) is 11.7 Å². The zero-order chi connectivity index (χ0) is 14.5. The fraction of sp³-hybridized carbons (Fsp3) is 0.778. The lowest BCUT2D eigenvalue weighted by Crippen LogP contribution is -2.40. The first-order valence-corrected chi connectivity index (χ1v) is 6.16. The third-order valence-electron chi connectivity index (χ3n) is 1.92.